The van der Waals surface area contributed by atoms with Gasteiger partial charge in [-0.05, 0) is 38.7 Å². The van der Waals surface area contributed by atoms with E-state index in [1.807, 2.05) is 20.8 Å². The standard InChI is InChI=1S/C9H16N4O.C5H10.C4H7F.C2H6/c1-3-6(4-2)12-7-5-11-13-8(7)9(10)14;1-3-5-4-2;1-4(2)3-5;1-2/h5-6,12H,3-4H2,1-2H3,(H2,10,14)(H,11,13);3,5H,4H2,1-2H3;1,3H2,2H3;1-2H3/b;5-3-;;. The lowest BCUT2D eigenvalue weighted by Gasteiger charge is -2.14. The molecule has 5 nitrogen and oxygen atoms in total. The molecule has 26 heavy (non-hydrogen) atoms. The van der Waals surface area contributed by atoms with Crippen LogP contribution in [0.15, 0.2) is 30.5 Å². The highest BCUT2D eigenvalue weighted by Crippen LogP contribution is 2.14. The summed E-state index contributed by atoms with van der Waals surface area (Å²) in [4.78, 5) is 11.0. The lowest BCUT2D eigenvalue weighted by molar-refractivity contribution is 0.0996. The van der Waals surface area contributed by atoms with Crippen LogP contribution in [0.4, 0.5) is 10.1 Å². The molecule has 6 heteroatoms. The van der Waals surface area contributed by atoms with Crippen LogP contribution in [0.1, 0.15) is 78.2 Å². The molecule has 0 aliphatic heterocycles. The lowest BCUT2D eigenvalue weighted by Crippen LogP contribution is -2.20. The maximum atomic E-state index is 11.0. The van der Waals surface area contributed by atoms with Crippen LogP contribution in [-0.4, -0.2) is 28.8 Å². The topological polar surface area (TPSA) is 83.8 Å². The quantitative estimate of drug-likeness (QED) is 0.543. The molecule has 0 spiro atoms. The van der Waals surface area contributed by atoms with E-state index in [1.54, 1.807) is 13.1 Å². The highest BCUT2D eigenvalue weighted by Gasteiger charge is 2.12. The first kappa shape index (κ1) is 28.7. The first-order chi connectivity index (χ1) is 12.4. The maximum absolute atomic E-state index is 11.0. The Morgan fingerprint density at radius 1 is 1.38 bits per heavy atom. The predicted octanol–water partition coefficient (Wildman–Crippen LogP) is 5.64. The average molecular weight is 371 g/mol. The van der Waals surface area contributed by atoms with Gasteiger partial charge in [-0.25, -0.2) is 4.39 Å². The second-order valence-electron chi connectivity index (χ2n) is 5.25. The van der Waals surface area contributed by atoms with Crippen molar-refractivity contribution in [3.63, 3.8) is 0 Å². The Labute approximate surface area is 159 Å². The summed E-state index contributed by atoms with van der Waals surface area (Å²) in [7, 11) is 0. The van der Waals surface area contributed by atoms with Gasteiger partial charge in [0.1, 0.15) is 12.4 Å². The Kier molecular flexibility index (Phi) is 23.1. The van der Waals surface area contributed by atoms with Crippen molar-refractivity contribution in [3.05, 3.63) is 36.2 Å². The fraction of sp³-hybridized carbons (Fsp3) is 0.600. The number of H-pyrrole nitrogens is 1. The number of rotatable bonds is 7. The molecule has 0 fully saturated rings. The van der Waals surface area contributed by atoms with Gasteiger partial charge in [0.2, 0.25) is 0 Å². The average Bonchev–Trinajstić information content (AvgIpc) is 3.11. The van der Waals surface area contributed by atoms with E-state index in [4.69, 9.17) is 5.73 Å². The molecular weight excluding hydrogens is 331 g/mol. The molecule has 4 N–H and O–H groups in total. The van der Waals surface area contributed by atoms with Gasteiger partial charge in [-0.1, -0.05) is 53.3 Å². The summed E-state index contributed by atoms with van der Waals surface area (Å²) in [5, 5.41) is 9.56. The monoisotopic (exact) mass is 370 g/mol. The number of anilines is 1. The Morgan fingerprint density at radius 2 is 1.88 bits per heavy atom. The van der Waals surface area contributed by atoms with E-state index < -0.39 is 5.91 Å². The number of nitrogens with two attached hydrogens (primary N) is 1. The zero-order chi connectivity index (χ0) is 21.0. The van der Waals surface area contributed by atoms with E-state index in [0.29, 0.717) is 23.0 Å². The van der Waals surface area contributed by atoms with Gasteiger partial charge in [0, 0.05) is 6.04 Å². The van der Waals surface area contributed by atoms with Crippen LogP contribution >= 0.6 is 0 Å². The number of aromatic amines is 1. The van der Waals surface area contributed by atoms with Gasteiger partial charge in [0.05, 0.1) is 11.9 Å². The van der Waals surface area contributed by atoms with E-state index in [9.17, 15) is 9.18 Å². The van der Waals surface area contributed by atoms with Crippen LogP contribution in [-0.2, 0) is 0 Å². The minimum atomic E-state index is -0.490. The van der Waals surface area contributed by atoms with Gasteiger partial charge >= 0.3 is 0 Å². The number of alkyl halides is 1. The van der Waals surface area contributed by atoms with Crippen LogP contribution in [0.25, 0.3) is 0 Å². The largest absolute Gasteiger partial charge is 0.379 e. The molecule has 0 aromatic carbocycles. The van der Waals surface area contributed by atoms with Crippen LogP contribution in [0.2, 0.25) is 0 Å². The third kappa shape index (κ3) is 16.7. The van der Waals surface area contributed by atoms with Crippen molar-refractivity contribution in [1.82, 2.24) is 10.2 Å². The molecule has 0 unspecified atom stereocenters. The fourth-order valence-electron chi connectivity index (χ4n) is 1.53. The minimum absolute atomic E-state index is 0.344. The molecule has 1 amide bonds. The summed E-state index contributed by atoms with van der Waals surface area (Å²) in [6.45, 7) is 16.9. The summed E-state index contributed by atoms with van der Waals surface area (Å²) in [5.74, 6) is -0.490. The van der Waals surface area contributed by atoms with Gasteiger partial charge in [0.15, 0.2) is 0 Å². The van der Waals surface area contributed by atoms with Crippen molar-refractivity contribution in [1.29, 1.82) is 0 Å². The molecule has 1 aromatic rings. The number of allylic oxidation sites excluding steroid dienone is 3. The van der Waals surface area contributed by atoms with Gasteiger partial charge < -0.3 is 11.1 Å². The number of amides is 1. The number of primary amides is 1. The van der Waals surface area contributed by atoms with Crippen LogP contribution in [0.3, 0.4) is 0 Å². The predicted molar refractivity (Wildman–Crippen MR) is 112 cm³/mol. The second kappa shape index (κ2) is 20.9. The highest BCUT2D eigenvalue weighted by molar-refractivity contribution is 5.96. The third-order valence-corrected chi connectivity index (χ3v) is 2.93. The highest BCUT2D eigenvalue weighted by atomic mass is 19.1. The summed E-state index contributed by atoms with van der Waals surface area (Å²) in [6.07, 6.45) is 8.93. The van der Waals surface area contributed by atoms with E-state index >= 15 is 0 Å². The molecule has 0 aliphatic carbocycles. The number of carbonyl (C=O) groups is 1. The van der Waals surface area contributed by atoms with Gasteiger partial charge in [-0.15, -0.1) is 0 Å². The Morgan fingerprint density at radius 3 is 2.15 bits per heavy atom. The summed E-state index contributed by atoms with van der Waals surface area (Å²) >= 11 is 0. The number of nitrogens with one attached hydrogen (secondary N) is 2. The summed E-state index contributed by atoms with van der Waals surface area (Å²) in [5.41, 5.74) is 6.79. The number of aromatic nitrogens is 2. The zero-order valence-corrected chi connectivity index (χ0v) is 17.7. The Balaban J connectivity index is -0.000000366. The van der Waals surface area contributed by atoms with Crippen molar-refractivity contribution in [2.75, 3.05) is 12.0 Å². The maximum Gasteiger partial charge on any atom is 0.268 e. The molecule has 152 valence electrons. The van der Waals surface area contributed by atoms with E-state index in [0.717, 1.165) is 19.3 Å². The van der Waals surface area contributed by atoms with Crippen molar-refractivity contribution in [3.8, 4) is 0 Å². The van der Waals surface area contributed by atoms with E-state index in [2.05, 4.69) is 55.0 Å². The van der Waals surface area contributed by atoms with Crippen molar-refractivity contribution < 1.29 is 9.18 Å². The van der Waals surface area contributed by atoms with Crippen molar-refractivity contribution >= 4 is 11.6 Å². The van der Waals surface area contributed by atoms with Crippen LogP contribution in [0, 0.1) is 0 Å². The van der Waals surface area contributed by atoms with Crippen LogP contribution in [0.5, 0.6) is 0 Å². The normalized spacial score (nSPS) is 9.27. The van der Waals surface area contributed by atoms with Gasteiger partial charge in [-0.2, -0.15) is 5.10 Å². The van der Waals surface area contributed by atoms with Crippen molar-refractivity contribution in [2.24, 2.45) is 5.73 Å². The van der Waals surface area contributed by atoms with Crippen molar-refractivity contribution in [2.45, 2.75) is 73.8 Å². The lowest BCUT2D eigenvalue weighted by atomic mass is 10.1. The van der Waals surface area contributed by atoms with Gasteiger partial charge in [0.25, 0.3) is 5.91 Å². The number of halogens is 1. The molecule has 1 rings (SSSR count). The SMILES string of the molecule is C/C=C\CC.C=C(C)CF.CC.CCC(CC)Nc1cn[nH]c1C(N)=O. The molecule has 1 heterocycles. The molecule has 0 bridgehead atoms. The number of hydrogen-bond donors (Lipinski definition) is 3. The number of nitrogens with zero attached hydrogens (tertiary/aromatic N) is 1. The molecule has 0 saturated heterocycles. The molecule has 0 saturated carbocycles. The smallest absolute Gasteiger partial charge is 0.268 e. The third-order valence-electron chi connectivity index (χ3n) is 2.93. The minimum Gasteiger partial charge on any atom is -0.379 e. The fourth-order valence-corrected chi connectivity index (χ4v) is 1.53. The molecule has 0 radical (unpaired) electrons. The number of hydrogen-bond acceptors (Lipinski definition) is 3. The van der Waals surface area contributed by atoms with E-state index in [1.165, 1.54) is 0 Å². The molecule has 0 atom stereocenters. The molecule has 0 aliphatic rings. The molecule has 1 aromatic heterocycles. The zero-order valence-electron chi connectivity index (χ0n) is 17.7. The molecular formula is C20H39FN4O. The first-order valence-electron chi connectivity index (χ1n) is 9.28. The Hall–Kier alpha value is -2.11. The number of carbonyl (C=O) groups excluding carboxylic acids is 1. The van der Waals surface area contributed by atoms with Crippen LogP contribution < -0.4 is 11.1 Å². The van der Waals surface area contributed by atoms with E-state index in [-0.39, 0.29) is 6.67 Å². The second-order valence-corrected chi connectivity index (χ2v) is 5.25. The summed E-state index contributed by atoms with van der Waals surface area (Å²) in [6, 6.07) is 0.352. The first-order valence-corrected chi connectivity index (χ1v) is 9.28. The Bertz CT molecular complexity index is 480. The van der Waals surface area contributed by atoms with Gasteiger partial charge in [-0.3, -0.25) is 9.89 Å². The summed E-state index contributed by atoms with van der Waals surface area (Å²) < 4.78 is 11.0.